The lowest BCUT2D eigenvalue weighted by Crippen LogP contribution is -2.26. The van der Waals surface area contributed by atoms with Crippen LogP contribution in [0.15, 0.2) is 42.5 Å². The third kappa shape index (κ3) is 5.96. The van der Waals surface area contributed by atoms with E-state index in [1.807, 2.05) is 24.3 Å². The fourth-order valence-electron chi connectivity index (χ4n) is 2.28. The molecule has 0 saturated carbocycles. The maximum atomic E-state index is 6.00. The quantitative estimate of drug-likeness (QED) is 0.478. The van der Waals surface area contributed by atoms with Crippen molar-refractivity contribution >= 4 is 22.6 Å². The summed E-state index contributed by atoms with van der Waals surface area (Å²) >= 11 is 2.31. The van der Waals surface area contributed by atoms with Crippen molar-refractivity contribution in [1.82, 2.24) is 10.2 Å². The van der Waals surface area contributed by atoms with Crippen LogP contribution in [0.4, 0.5) is 0 Å². The van der Waals surface area contributed by atoms with Crippen molar-refractivity contribution in [2.75, 3.05) is 34.3 Å². The molecule has 130 valence electrons. The van der Waals surface area contributed by atoms with E-state index in [-0.39, 0.29) is 0 Å². The number of ether oxygens (including phenoxy) is 2. The van der Waals surface area contributed by atoms with Crippen LogP contribution in [0.2, 0.25) is 0 Å². The second-order valence-electron chi connectivity index (χ2n) is 5.86. The van der Waals surface area contributed by atoms with Gasteiger partial charge in [-0.25, -0.2) is 0 Å². The number of nitrogens with zero attached hydrogens (tertiary/aromatic N) is 1. The van der Waals surface area contributed by atoms with Gasteiger partial charge in [-0.1, -0.05) is 30.3 Å². The van der Waals surface area contributed by atoms with E-state index in [1.54, 1.807) is 7.11 Å². The molecule has 2 rings (SSSR count). The van der Waals surface area contributed by atoms with Gasteiger partial charge in [0.1, 0.15) is 6.61 Å². The van der Waals surface area contributed by atoms with Gasteiger partial charge in [0.2, 0.25) is 0 Å². The molecule has 0 bridgehead atoms. The minimum atomic E-state index is 0.535. The third-order valence-corrected chi connectivity index (χ3v) is 4.38. The lowest BCUT2D eigenvalue weighted by atomic mass is 10.2. The van der Waals surface area contributed by atoms with Crippen LogP contribution in [0.5, 0.6) is 11.5 Å². The number of methoxy groups -OCH3 is 1. The molecule has 0 fully saturated rings. The summed E-state index contributed by atoms with van der Waals surface area (Å²) in [6, 6.07) is 14.3. The first-order valence-electron chi connectivity index (χ1n) is 7.98. The number of likely N-dealkylation sites (N-methyl/N-ethyl adjacent to an activating group) is 1. The van der Waals surface area contributed by atoms with Crippen molar-refractivity contribution < 1.29 is 9.47 Å². The molecule has 24 heavy (non-hydrogen) atoms. The molecule has 0 radical (unpaired) electrons. The van der Waals surface area contributed by atoms with Crippen LogP contribution >= 0.6 is 22.6 Å². The molecule has 0 saturated heterocycles. The van der Waals surface area contributed by atoms with E-state index >= 15 is 0 Å². The molecule has 0 aliphatic heterocycles. The van der Waals surface area contributed by atoms with Crippen LogP contribution in [0.25, 0.3) is 0 Å². The van der Waals surface area contributed by atoms with E-state index in [1.165, 1.54) is 5.56 Å². The Labute approximate surface area is 158 Å². The van der Waals surface area contributed by atoms with Gasteiger partial charge in [-0.2, -0.15) is 0 Å². The predicted molar refractivity (Wildman–Crippen MR) is 107 cm³/mol. The van der Waals surface area contributed by atoms with Crippen LogP contribution in [-0.2, 0) is 13.2 Å². The Morgan fingerprint density at radius 3 is 2.50 bits per heavy atom. The third-order valence-electron chi connectivity index (χ3n) is 3.58. The highest BCUT2D eigenvalue weighted by atomic mass is 127. The van der Waals surface area contributed by atoms with Gasteiger partial charge in [-0.15, -0.1) is 0 Å². The van der Waals surface area contributed by atoms with Crippen molar-refractivity contribution in [3.8, 4) is 11.5 Å². The van der Waals surface area contributed by atoms with Gasteiger partial charge in [0.05, 0.1) is 10.7 Å². The van der Waals surface area contributed by atoms with Crippen molar-refractivity contribution in [2.45, 2.75) is 13.2 Å². The minimum Gasteiger partial charge on any atom is -0.493 e. The summed E-state index contributed by atoms with van der Waals surface area (Å²) in [4.78, 5) is 2.16. The number of halogens is 1. The molecule has 0 aliphatic carbocycles. The van der Waals surface area contributed by atoms with E-state index < -0.39 is 0 Å². The summed E-state index contributed by atoms with van der Waals surface area (Å²) in [5, 5.41) is 3.45. The average molecular weight is 440 g/mol. The molecule has 5 heteroatoms. The zero-order chi connectivity index (χ0) is 17.4. The Morgan fingerprint density at radius 2 is 1.83 bits per heavy atom. The van der Waals surface area contributed by atoms with E-state index in [4.69, 9.17) is 9.47 Å². The first kappa shape index (κ1) is 19.0. The van der Waals surface area contributed by atoms with Crippen molar-refractivity contribution in [1.29, 1.82) is 0 Å². The first-order valence-corrected chi connectivity index (χ1v) is 9.06. The van der Waals surface area contributed by atoms with E-state index in [0.29, 0.717) is 6.61 Å². The fourth-order valence-corrected chi connectivity index (χ4v) is 3.10. The van der Waals surface area contributed by atoms with Gasteiger partial charge in [-0.3, -0.25) is 0 Å². The fraction of sp³-hybridized carbons (Fsp3) is 0.368. The topological polar surface area (TPSA) is 33.7 Å². The SMILES string of the molecule is COc1cc(CNCCN(C)C)cc(I)c1OCc1ccccc1. The highest BCUT2D eigenvalue weighted by Gasteiger charge is 2.12. The Kier molecular flexibility index (Phi) is 7.81. The second kappa shape index (κ2) is 9.86. The van der Waals surface area contributed by atoms with Crippen molar-refractivity contribution in [3.63, 3.8) is 0 Å². The molecule has 4 nitrogen and oxygen atoms in total. The molecule has 0 aromatic heterocycles. The Hall–Kier alpha value is -1.31. The molecule has 2 aromatic rings. The number of rotatable bonds is 9. The average Bonchev–Trinajstić information content (AvgIpc) is 2.58. The number of hydrogen-bond acceptors (Lipinski definition) is 4. The Morgan fingerprint density at radius 1 is 1.08 bits per heavy atom. The van der Waals surface area contributed by atoms with Crippen LogP contribution in [0.3, 0.4) is 0 Å². The van der Waals surface area contributed by atoms with Crippen LogP contribution in [-0.4, -0.2) is 39.2 Å². The largest absolute Gasteiger partial charge is 0.493 e. The summed E-state index contributed by atoms with van der Waals surface area (Å²) in [6.45, 7) is 3.33. The zero-order valence-electron chi connectivity index (χ0n) is 14.5. The number of hydrogen-bond donors (Lipinski definition) is 1. The predicted octanol–water partition coefficient (Wildman–Crippen LogP) is 3.53. The van der Waals surface area contributed by atoms with Gasteiger partial charge in [0.25, 0.3) is 0 Å². The van der Waals surface area contributed by atoms with Gasteiger partial charge in [0, 0.05) is 19.6 Å². The lowest BCUT2D eigenvalue weighted by Gasteiger charge is -2.15. The van der Waals surface area contributed by atoms with Gasteiger partial charge >= 0.3 is 0 Å². The molecule has 0 aliphatic rings. The first-order chi connectivity index (χ1) is 11.6. The Balaban J connectivity index is 2.01. The normalized spacial score (nSPS) is 10.9. The standard InChI is InChI=1S/C19H25IN2O2/c1-22(2)10-9-21-13-16-11-17(20)19(18(12-16)23-3)24-14-15-7-5-4-6-8-15/h4-8,11-12,21H,9-10,13-14H2,1-3H3. The smallest absolute Gasteiger partial charge is 0.174 e. The molecule has 0 amide bonds. The maximum Gasteiger partial charge on any atom is 0.174 e. The van der Waals surface area contributed by atoms with Crippen molar-refractivity contribution in [3.05, 3.63) is 57.2 Å². The van der Waals surface area contributed by atoms with Gasteiger partial charge in [-0.05, 0) is 59.9 Å². The monoisotopic (exact) mass is 440 g/mol. The highest BCUT2D eigenvalue weighted by molar-refractivity contribution is 14.1. The summed E-state index contributed by atoms with van der Waals surface area (Å²) in [7, 11) is 5.84. The maximum absolute atomic E-state index is 6.00. The van der Waals surface area contributed by atoms with E-state index in [9.17, 15) is 0 Å². The molecule has 1 N–H and O–H groups in total. The molecule has 0 spiro atoms. The highest BCUT2D eigenvalue weighted by Crippen LogP contribution is 2.34. The Bertz CT molecular complexity index is 633. The summed E-state index contributed by atoms with van der Waals surface area (Å²) in [6.07, 6.45) is 0. The zero-order valence-corrected chi connectivity index (χ0v) is 16.7. The number of benzene rings is 2. The molecular weight excluding hydrogens is 415 g/mol. The van der Waals surface area contributed by atoms with Crippen molar-refractivity contribution in [2.24, 2.45) is 0 Å². The summed E-state index contributed by atoms with van der Waals surface area (Å²) in [5.41, 5.74) is 2.34. The molecular formula is C19H25IN2O2. The van der Waals surface area contributed by atoms with Gasteiger partial charge in [0.15, 0.2) is 11.5 Å². The second-order valence-corrected chi connectivity index (χ2v) is 7.03. The van der Waals surface area contributed by atoms with Crippen LogP contribution in [0, 0.1) is 3.57 Å². The summed E-state index contributed by atoms with van der Waals surface area (Å²) < 4.78 is 12.6. The molecule has 0 heterocycles. The van der Waals surface area contributed by atoms with Gasteiger partial charge < -0.3 is 19.7 Å². The molecule has 0 atom stereocenters. The molecule has 2 aromatic carbocycles. The molecule has 0 unspecified atom stereocenters. The van der Waals surface area contributed by atoms with Crippen LogP contribution in [0.1, 0.15) is 11.1 Å². The summed E-state index contributed by atoms with van der Waals surface area (Å²) in [5.74, 6) is 1.58. The van der Waals surface area contributed by atoms with E-state index in [2.05, 4.69) is 65.1 Å². The van der Waals surface area contributed by atoms with Crippen LogP contribution < -0.4 is 14.8 Å². The number of nitrogens with one attached hydrogen (secondary N) is 1. The minimum absolute atomic E-state index is 0.535. The lowest BCUT2D eigenvalue weighted by molar-refractivity contribution is 0.282. The van der Waals surface area contributed by atoms with E-state index in [0.717, 1.165) is 40.3 Å².